The number of urea groups is 1. The smallest absolute Gasteiger partial charge is 0.329 e. The molecule has 9 heteroatoms. The molecule has 0 saturated carbocycles. The van der Waals surface area contributed by atoms with E-state index in [4.69, 9.17) is 9.98 Å². The van der Waals surface area contributed by atoms with E-state index in [1.54, 1.807) is 17.2 Å². The third-order valence-corrected chi connectivity index (χ3v) is 6.55. The Morgan fingerprint density at radius 3 is 2.88 bits per heavy atom. The zero-order valence-corrected chi connectivity index (χ0v) is 18.2. The molecule has 2 unspecified atom stereocenters. The number of carbonyl (C=O) groups excluding carboxylic acids is 1. The molecule has 3 aromatic rings. The highest BCUT2D eigenvalue weighted by Gasteiger charge is 2.39. The molecule has 2 atom stereocenters. The number of fused-ring (bicyclic) bond motifs is 2. The van der Waals surface area contributed by atoms with Crippen molar-refractivity contribution >= 4 is 28.6 Å². The number of para-hydroxylation sites is 2. The zero-order valence-electron chi connectivity index (χ0n) is 18.2. The second-order valence-corrected chi connectivity index (χ2v) is 8.91. The van der Waals surface area contributed by atoms with Crippen molar-refractivity contribution in [1.82, 2.24) is 25.1 Å². The van der Waals surface area contributed by atoms with Gasteiger partial charge < -0.3 is 9.88 Å². The number of nitrogens with one attached hydrogen (secondary N) is 2. The Bertz CT molecular complexity index is 1270. The Morgan fingerprint density at radius 1 is 1.15 bits per heavy atom. The Labute approximate surface area is 190 Å². The van der Waals surface area contributed by atoms with Gasteiger partial charge >= 0.3 is 6.03 Å². The van der Waals surface area contributed by atoms with Gasteiger partial charge in [-0.2, -0.15) is 0 Å². The molecule has 1 aromatic heterocycles. The van der Waals surface area contributed by atoms with Crippen LogP contribution in [-0.2, 0) is 6.54 Å². The molecule has 1 saturated heterocycles. The number of anilines is 1. The Morgan fingerprint density at radius 2 is 2.03 bits per heavy atom. The number of amidine groups is 1. The molecule has 2 amide bonds. The lowest BCUT2D eigenvalue weighted by atomic mass is 9.96. The fourth-order valence-electron chi connectivity index (χ4n) is 4.89. The highest BCUT2D eigenvalue weighted by atomic mass is 19.1. The van der Waals surface area contributed by atoms with Crippen LogP contribution in [0.3, 0.4) is 0 Å². The number of aliphatic imine (C=N–C) groups is 1. The van der Waals surface area contributed by atoms with Crippen molar-refractivity contribution < 1.29 is 9.18 Å². The maximum absolute atomic E-state index is 13.7. The number of imidazole rings is 1. The molecule has 8 nitrogen and oxygen atoms in total. The summed E-state index contributed by atoms with van der Waals surface area (Å²) in [5.74, 6) is 2.36. The van der Waals surface area contributed by atoms with E-state index in [1.165, 1.54) is 12.1 Å². The van der Waals surface area contributed by atoms with E-state index >= 15 is 0 Å². The summed E-state index contributed by atoms with van der Waals surface area (Å²) < 4.78 is 13.7. The van der Waals surface area contributed by atoms with Crippen molar-refractivity contribution in [2.24, 2.45) is 16.8 Å². The predicted molar refractivity (Wildman–Crippen MR) is 124 cm³/mol. The summed E-state index contributed by atoms with van der Waals surface area (Å²) in [5, 5.41) is 2.99. The first-order chi connectivity index (χ1) is 16.0. The average molecular weight is 446 g/mol. The van der Waals surface area contributed by atoms with E-state index in [9.17, 15) is 9.18 Å². The van der Waals surface area contributed by atoms with Gasteiger partial charge in [-0.05, 0) is 36.2 Å². The number of carbonyl (C=O) groups is 1. The first-order valence-electron chi connectivity index (χ1n) is 11.1. The van der Waals surface area contributed by atoms with Crippen LogP contribution in [-0.4, -0.2) is 51.4 Å². The van der Waals surface area contributed by atoms with Gasteiger partial charge in [0, 0.05) is 30.9 Å². The third kappa shape index (κ3) is 3.64. The molecular weight excluding hydrogens is 421 g/mol. The van der Waals surface area contributed by atoms with Gasteiger partial charge in [0.15, 0.2) is 5.82 Å². The lowest BCUT2D eigenvalue weighted by Crippen LogP contribution is -2.49. The second kappa shape index (κ2) is 7.70. The van der Waals surface area contributed by atoms with Crippen molar-refractivity contribution in [3.8, 4) is 0 Å². The van der Waals surface area contributed by atoms with Crippen LogP contribution in [0.15, 0.2) is 65.5 Å². The fourth-order valence-corrected chi connectivity index (χ4v) is 4.89. The van der Waals surface area contributed by atoms with E-state index in [2.05, 4.69) is 22.1 Å². The fraction of sp³-hybridized carbons (Fsp3) is 0.292. The molecule has 0 radical (unpaired) electrons. The third-order valence-electron chi connectivity index (χ3n) is 6.55. The van der Waals surface area contributed by atoms with Crippen LogP contribution in [0.4, 0.5) is 14.9 Å². The topological polar surface area (TPSA) is 79.9 Å². The lowest BCUT2D eigenvalue weighted by molar-refractivity contribution is 0.216. The van der Waals surface area contributed by atoms with Crippen LogP contribution in [0.2, 0.25) is 0 Å². The monoisotopic (exact) mass is 445 g/mol. The van der Waals surface area contributed by atoms with Gasteiger partial charge in [0.05, 0.1) is 17.6 Å². The number of hydrogen-bond donors (Lipinski definition) is 2. The average Bonchev–Trinajstić information content (AvgIpc) is 3.50. The summed E-state index contributed by atoms with van der Waals surface area (Å²) in [6.07, 6.45) is 1.80. The van der Waals surface area contributed by atoms with Crippen molar-refractivity contribution in [2.75, 3.05) is 24.7 Å². The Kier molecular flexibility index (Phi) is 4.65. The minimum atomic E-state index is -0.311. The van der Waals surface area contributed by atoms with Gasteiger partial charge in [-0.3, -0.25) is 15.1 Å². The molecule has 33 heavy (non-hydrogen) atoms. The Balaban J connectivity index is 1.20. The van der Waals surface area contributed by atoms with Crippen LogP contribution in [0, 0.1) is 17.7 Å². The quantitative estimate of drug-likeness (QED) is 0.645. The van der Waals surface area contributed by atoms with Gasteiger partial charge in [0.25, 0.3) is 0 Å². The summed E-state index contributed by atoms with van der Waals surface area (Å²) >= 11 is 0. The first kappa shape index (κ1) is 19.9. The van der Waals surface area contributed by atoms with Crippen molar-refractivity contribution in [1.29, 1.82) is 0 Å². The number of benzene rings is 2. The molecule has 0 spiro atoms. The molecule has 6 rings (SSSR count). The highest BCUT2D eigenvalue weighted by Crippen LogP contribution is 2.30. The SMILES string of the molecule is CC1CN(Cc2nc3ccccc3[nH]2)CC1C1=NC2=CN(c3cccc(F)c3)CN2C(=O)N1. The largest absolute Gasteiger partial charge is 0.341 e. The van der Waals surface area contributed by atoms with Gasteiger partial charge in [0.2, 0.25) is 0 Å². The van der Waals surface area contributed by atoms with E-state index in [1.807, 2.05) is 35.2 Å². The van der Waals surface area contributed by atoms with E-state index < -0.39 is 0 Å². The van der Waals surface area contributed by atoms with Crippen LogP contribution in [0.1, 0.15) is 12.7 Å². The van der Waals surface area contributed by atoms with Crippen LogP contribution in [0.5, 0.6) is 0 Å². The van der Waals surface area contributed by atoms with Gasteiger partial charge in [0.1, 0.15) is 24.1 Å². The Hall–Kier alpha value is -3.72. The molecule has 3 aliphatic rings. The van der Waals surface area contributed by atoms with Gasteiger partial charge in [-0.25, -0.2) is 19.2 Å². The number of halogens is 1. The van der Waals surface area contributed by atoms with Crippen LogP contribution in [0.25, 0.3) is 11.0 Å². The number of nitrogens with zero attached hydrogens (tertiary/aromatic N) is 5. The number of rotatable bonds is 4. The number of aromatic nitrogens is 2. The number of aromatic amines is 1. The normalized spacial score (nSPS) is 23.0. The van der Waals surface area contributed by atoms with E-state index in [0.717, 1.165) is 36.5 Å². The number of amides is 2. The molecule has 3 aliphatic heterocycles. The van der Waals surface area contributed by atoms with Crippen LogP contribution < -0.4 is 10.2 Å². The molecule has 2 aromatic carbocycles. The lowest BCUT2D eigenvalue weighted by Gasteiger charge is -2.28. The maximum Gasteiger partial charge on any atom is 0.329 e. The summed E-state index contributed by atoms with van der Waals surface area (Å²) in [7, 11) is 0. The summed E-state index contributed by atoms with van der Waals surface area (Å²) in [6.45, 7) is 4.90. The van der Waals surface area contributed by atoms with Crippen molar-refractivity contribution in [3.63, 3.8) is 0 Å². The molecule has 1 fully saturated rings. The number of H-pyrrole nitrogens is 1. The first-order valence-corrected chi connectivity index (χ1v) is 11.1. The van der Waals surface area contributed by atoms with Crippen LogP contribution >= 0.6 is 0 Å². The standard InChI is InChI=1S/C24H24FN7O/c1-15-10-30(12-21-26-19-7-2-3-8-20(19)27-21)11-18(15)23-28-22-13-31(14-32(22)24(33)29-23)17-6-4-5-16(25)9-17/h2-9,13,15,18H,10-12,14H2,1H3,(H,26,27)(H,28,29,33). The molecule has 168 valence electrons. The maximum atomic E-state index is 13.7. The van der Waals surface area contributed by atoms with E-state index in [-0.39, 0.29) is 17.8 Å². The molecule has 4 heterocycles. The second-order valence-electron chi connectivity index (χ2n) is 8.91. The minimum absolute atomic E-state index is 0.115. The summed E-state index contributed by atoms with van der Waals surface area (Å²) in [6, 6.07) is 14.1. The number of likely N-dealkylation sites (tertiary alicyclic amines) is 1. The molecule has 0 bridgehead atoms. The van der Waals surface area contributed by atoms with E-state index in [0.29, 0.717) is 29.9 Å². The zero-order chi connectivity index (χ0) is 22.5. The summed E-state index contributed by atoms with van der Waals surface area (Å²) in [5.41, 5.74) is 2.69. The number of hydrogen-bond acceptors (Lipinski definition) is 5. The predicted octanol–water partition coefficient (Wildman–Crippen LogP) is 3.47. The van der Waals surface area contributed by atoms with Crippen molar-refractivity contribution in [2.45, 2.75) is 13.5 Å². The molecular formula is C24H24FN7O. The highest BCUT2D eigenvalue weighted by molar-refractivity contribution is 6.02. The minimum Gasteiger partial charge on any atom is -0.341 e. The van der Waals surface area contributed by atoms with Crippen molar-refractivity contribution in [3.05, 3.63) is 72.2 Å². The summed E-state index contributed by atoms with van der Waals surface area (Å²) in [4.78, 5) is 31.4. The molecule has 2 N–H and O–H groups in total. The van der Waals surface area contributed by atoms with Gasteiger partial charge in [-0.15, -0.1) is 0 Å². The molecule has 0 aliphatic carbocycles. The van der Waals surface area contributed by atoms with Gasteiger partial charge in [-0.1, -0.05) is 25.1 Å².